The molecule has 0 radical (unpaired) electrons. The van der Waals surface area contributed by atoms with Crippen LogP contribution in [0.25, 0.3) is 0 Å². The number of thioether (sulfide) groups is 1. The first-order chi connectivity index (χ1) is 10.5. The lowest BCUT2D eigenvalue weighted by molar-refractivity contribution is -0.140. The first-order valence-electron chi connectivity index (χ1n) is 7.86. The fourth-order valence-corrected chi connectivity index (χ4v) is 3.69. The van der Waals surface area contributed by atoms with Crippen molar-refractivity contribution >= 4 is 29.5 Å². The maximum Gasteiger partial charge on any atom is 0.305 e. The van der Waals surface area contributed by atoms with Gasteiger partial charge in [0.1, 0.15) is 0 Å². The van der Waals surface area contributed by atoms with Crippen LogP contribution in [0.1, 0.15) is 39.5 Å². The van der Waals surface area contributed by atoms with Crippen LogP contribution in [0.5, 0.6) is 0 Å². The maximum absolute atomic E-state index is 12.3. The summed E-state index contributed by atoms with van der Waals surface area (Å²) in [4.78, 5) is 38.5. The molecule has 126 valence electrons. The molecule has 1 aliphatic rings. The Morgan fingerprint density at radius 3 is 2.50 bits per heavy atom. The molecule has 0 aliphatic carbocycles. The SMILES string of the molecule is CCN(CC)C(=O)CCCC(=O)N1CCSCC1CC(=O)O. The Morgan fingerprint density at radius 2 is 1.91 bits per heavy atom. The summed E-state index contributed by atoms with van der Waals surface area (Å²) in [5.74, 6) is 0.700. The molecule has 1 rings (SSSR count). The minimum Gasteiger partial charge on any atom is -0.481 e. The second kappa shape index (κ2) is 9.71. The van der Waals surface area contributed by atoms with E-state index in [4.69, 9.17) is 5.11 Å². The summed E-state index contributed by atoms with van der Waals surface area (Å²) >= 11 is 1.69. The molecule has 22 heavy (non-hydrogen) atoms. The molecule has 6 nitrogen and oxygen atoms in total. The second-order valence-corrected chi connectivity index (χ2v) is 6.48. The van der Waals surface area contributed by atoms with Crippen LogP contribution in [-0.2, 0) is 14.4 Å². The predicted octanol–water partition coefficient (Wildman–Crippen LogP) is 1.44. The largest absolute Gasteiger partial charge is 0.481 e. The topological polar surface area (TPSA) is 77.9 Å². The molecule has 1 atom stereocenters. The van der Waals surface area contributed by atoms with Gasteiger partial charge in [-0.3, -0.25) is 14.4 Å². The molecule has 0 aromatic rings. The predicted molar refractivity (Wildman–Crippen MR) is 86.9 cm³/mol. The van der Waals surface area contributed by atoms with Gasteiger partial charge in [-0.1, -0.05) is 0 Å². The Hall–Kier alpha value is -1.24. The lowest BCUT2D eigenvalue weighted by Gasteiger charge is -2.34. The zero-order valence-electron chi connectivity index (χ0n) is 13.4. The van der Waals surface area contributed by atoms with Gasteiger partial charge in [-0.2, -0.15) is 11.8 Å². The minimum absolute atomic E-state index is 0.00286. The molecule has 0 aromatic carbocycles. The van der Waals surface area contributed by atoms with Gasteiger partial charge < -0.3 is 14.9 Å². The van der Waals surface area contributed by atoms with E-state index in [0.29, 0.717) is 44.6 Å². The van der Waals surface area contributed by atoms with Gasteiger partial charge in [0.25, 0.3) is 0 Å². The summed E-state index contributed by atoms with van der Waals surface area (Å²) in [6.45, 7) is 5.86. The number of carboxylic acid groups (broad SMARTS) is 1. The van der Waals surface area contributed by atoms with E-state index in [2.05, 4.69) is 0 Å². The number of carbonyl (C=O) groups is 3. The number of carbonyl (C=O) groups excluding carboxylic acids is 2. The molecule has 1 saturated heterocycles. The molecule has 0 bridgehead atoms. The van der Waals surface area contributed by atoms with E-state index in [1.165, 1.54) is 0 Å². The number of hydrogen-bond donors (Lipinski definition) is 1. The van der Waals surface area contributed by atoms with Gasteiger partial charge in [0, 0.05) is 44.0 Å². The Morgan fingerprint density at radius 1 is 1.23 bits per heavy atom. The Bertz CT molecular complexity index is 399. The third-order valence-corrected chi connectivity index (χ3v) is 4.95. The van der Waals surface area contributed by atoms with Crippen LogP contribution in [0.4, 0.5) is 0 Å². The molecule has 1 fully saturated rings. The van der Waals surface area contributed by atoms with Crippen molar-refractivity contribution in [3.05, 3.63) is 0 Å². The van der Waals surface area contributed by atoms with Gasteiger partial charge in [-0.15, -0.1) is 0 Å². The van der Waals surface area contributed by atoms with Crippen molar-refractivity contribution in [1.82, 2.24) is 9.80 Å². The summed E-state index contributed by atoms with van der Waals surface area (Å²) in [5, 5.41) is 8.93. The molecular formula is C15H26N2O4S. The smallest absolute Gasteiger partial charge is 0.305 e. The lowest BCUT2D eigenvalue weighted by atomic mass is 10.1. The van der Waals surface area contributed by atoms with Crippen molar-refractivity contribution in [3.63, 3.8) is 0 Å². The molecule has 1 heterocycles. The van der Waals surface area contributed by atoms with Crippen LogP contribution < -0.4 is 0 Å². The van der Waals surface area contributed by atoms with Crippen molar-refractivity contribution in [2.45, 2.75) is 45.6 Å². The molecular weight excluding hydrogens is 304 g/mol. The van der Waals surface area contributed by atoms with Gasteiger partial charge in [-0.05, 0) is 20.3 Å². The lowest BCUT2D eigenvalue weighted by Crippen LogP contribution is -2.47. The Kier molecular flexibility index (Phi) is 8.30. The van der Waals surface area contributed by atoms with E-state index in [1.807, 2.05) is 13.8 Å². The molecule has 2 amide bonds. The molecule has 1 unspecified atom stereocenters. The Balaban J connectivity index is 2.42. The fraction of sp³-hybridized carbons (Fsp3) is 0.800. The van der Waals surface area contributed by atoms with E-state index in [0.717, 1.165) is 5.75 Å². The van der Waals surface area contributed by atoms with Crippen molar-refractivity contribution in [3.8, 4) is 0 Å². The number of hydrogen-bond acceptors (Lipinski definition) is 4. The molecule has 1 aliphatic heterocycles. The second-order valence-electron chi connectivity index (χ2n) is 5.33. The first-order valence-corrected chi connectivity index (χ1v) is 9.01. The monoisotopic (exact) mass is 330 g/mol. The van der Waals surface area contributed by atoms with Crippen molar-refractivity contribution in [1.29, 1.82) is 0 Å². The van der Waals surface area contributed by atoms with E-state index in [9.17, 15) is 14.4 Å². The minimum atomic E-state index is -0.873. The summed E-state index contributed by atoms with van der Waals surface area (Å²) in [5.41, 5.74) is 0. The number of aliphatic carboxylic acids is 1. The number of amides is 2. The zero-order valence-corrected chi connectivity index (χ0v) is 14.2. The highest BCUT2D eigenvalue weighted by atomic mass is 32.2. The standard InChI is InChI=1S/C15H26N2O4S/c1-3-16(4-2)13(18)6-5-7-14(19)17-8-9-22-11-12(17)10-15(20)21/h12H,3-11H2,1-2H3,(H,20,21). The van der Waals surface area contributed by atoms with E-state index < -0.39 is 5.97 Å². The third-order valence-electron chi connectivity index (χ3n) is 3.86. The van der Waals surface area contributed by atoms with Crippen LogP contribution in [0, 0.1) is 0 Å². The average Bonchev–Trinajstić information content (AvgIpc) is 2.48. The molecule has 0 spiro atoms. The summed E-state index contributed by atoms with van der Waals surface area (Å²) in [7, 11) is 0. The number of carboxylic acids is 1. The summed E-state index contributed by atoms with van der Waals surface area (Å²) in [6, 6.07) is -0.220. The van der Waals surface area contributed by atoms with Gasteiger partial charge in [0.15, 0.2) is 0 Å². The highest BCUT2D eigenvalue weighted by Crippen LogP contribution is 2.20. The van der Waals surface area contributed by atoms with E-state index in [-0.39, 0.29) is 24.3 Å². The van der Waals surface area contributed by atoms with Gasteiger partial charge in [0.05, 0.1) is 12.5 Å². The van der Waals surface area contributed by atoms with Crippen molar-refractivity contribution in [2.24, 2.45) is 0 Å². The van der Waals surface area contributed by atoms with Crippen LogP contribution in [0.15, 0.2) is 0 Å². The first kappa shape index (κ1) is 18.8. The van der Waals surface area contributed by atoms with E-state index >= 15 is 0 Å². The van der Waals surface area contributed by atoms with Crippen LogP contribution in [0.3, 0.4) is 0 Å². The quantitative estimate of drug-likeness (QED) is 0.729. The summed E-state index contributed by atoms with van der Waals surface area (Å²) in [6.07, 6.45) is 1.21. The van der Waals surface area contributed by atoms with Gasteiger partial charge in [0.2, 0.25) is 11.8 Å². The van der Waals surface area contributed by atoms with Crippen LogP contribution in [0.2, 0.25) is 0 Å². The zero-order chi connectivity index (χ0) is 16.5. The maximum atomic E-state index is 12.3. The highest BCUT2D eigenvalue weighted by Gasteiger charge is 2.28. The average molecular weight is 330 g/mol. The number of nitrogens with zero attached hydrogens (tertiary/aromatic N) is 2. The normalized spacial score (nSPS) is 18.1. The van der Waals surface area contributed by atoms with Crippen LogP contribution >= 0.6 is 11.8 Å². The van der Waals surface area contributed by atoms with Crippen molar-refractivity contribution < 1.29 is 19.5 Å². The molecule has 1 N–H and O–H groups in total. The molecule has 0 saturated carbocycles. The number of rotatable bonds is 8. The van der Waals surface area contributed by atoms with Crippen molar-refractivity contribution in [2.75, 3.05) is 31.1 Å². The fourth-order valence-electron chi connectivity index (χ4n) is 2.62. The van der Waals surface area contributed by atoms with Gasteiger partial charge >= 0.3 is 5.97 Å². The molecule has 7 heteroatoms. The molecule has 0 aromatic heterocycles. The summed E-state index contributed by atoms with van der Waals surface area (Å²) < 4.78 is 0. The van der Waals surface area contributed by atoms with E-state index in [1.54, 1.807) is 21.6 Å². The highest BCUT2D eigenvalue weighted by molar-refractivity contribution is 7.99. The van der Waals surface area contributed by atoms with Crippen LogP contribution in [-0.4, -0.2) is 69.9 Å². The third kappa shape index (κ3) is 5.87. The van der Waals surface area contributed by atoms with Gasteiger partial charge in [-0.25, -0.2) is 0 Å². The Labute approximate surface area is 136 Å².